The molecule has 0 aliphatic heterocycles. The summed E-state index contributed by atoms with van der Waals surface area (Å²) in [5.41, 5.74) is 3.74. The molecule has 2 aromatic rings. The molecule has 0 unspecified atom stereocenters. The standard InChI is InChI=1S/C18H22BrNO/c1-18(2,3)15-7-5-6-8-16(15)20-12-13-11-14(19)9-10-17(13)21-4/h5-11,20H,12H2,1-4H3. The molecule has 2 rings (SSSR count). The van der Waals surface area contributed by atoms with Crippen molar-refractivity contribution in [2.75, 3.05) is 12.4 Å². The first-order valence-corrected chi connectivity index (χ1v) is 7.87. The second kappa shape index (κ2) is 6.52. The Kier molecular flexibility index (Phi) is 4.94. The predicted octanol–water partition coefficient (Wildman–Crippen LogP) is 5.37. The Morgan fingerprint density at radius 2 is 1.81 bits per heavy atom. The summed E-state index contributed by atoms with van der Waals surface area (Å²) in [6, 6.07) is 14.5. The number of methoxy groups -OCH3 is 1. The summed E-state index contributed by atoms with van der Waals surface area (Å²) in [6.07, 6.45) is 0. The molecule has 0 amide bonds. The Morgan fingerprint density at radius 3 is 2.48 bits per heavy atom. The van der Waals surface area contributed by atoms with Gasteiger partial charge in [0.1, 0.15) is 5.75 Å². The van der Waals surface area contributed by atoms with Crippen molar-refractivity contribution in [3.63, 3.8) is 0 Å². The summed E-state index contributed by atoms with van der Waals surface area (Å²) < 4.78 is 6.48. The number of halogens is 1. The number of nitrogens with one attached hydrogen (secondary N) is 1. The molecule has 112 valence electrons. The lowest BCUT2D eigenvalue weighted by Gasteiger charge is -2.23. The highest BCUT2D eigenvalue weighted by Crippen LogP contribution is 2.30. The molecule has 0 aliphatic carbocycles. The van der Waals surface area contributed by atoms with Crippen molar-refractivity contribution in [2.45, 2.75) is 32.7 Å². The number of para-hydroxylation sites is 1. The van der Waals surface area contributed by atoms with Crippen LogP contribution in [-0.4, -0.2) is 7.11 Å². The fraction of sp³-hybridized carbons (Fsp3) is 0.333. The van der Waals surface area contributed by atoms with Crippen LogP contribution in [0.5, 0.6) is 5.75 Å². The van der Waals surface area contributed by atoms with Crippen molar-refractivity contribution >= 4 is 21.6 Å². The maximum Gasteiger partial charge on any atom is 0.123 e. The highest BCUT2D eigenvalue weighted by atomic mass is 79.9. The number of rotatable bonds is 4. The molecule has 0 fully saturated rings. The largest absolute Gasteiger partial charge is 0.496 e. The molecule has 0 atom stereocenters. The quantitative estimate of drug-likeness (QED) is 0.802. The summed E-state index contributed by atoms with van der Waals surface area (Å²) >= 11 is 3.51. The maximum atomic E-state index is 5.43. The van der Waals surface area contributed by atoms with Gasteiger partial charge < -0.3 is 10.1 Å². The lowest BCUT2D eigenvalue weighted by molar-refractivity contribution is 0.410. The molecular weight excluding hydrogens is 326 g/mol. The van der Waals surface area contributed by atoms with Gasteiger partial charge in [-0.2, -0.15) is 0 Å². The van der Waals surface area contributed by atoms with Crippen LogP contribution in [0, 0.1) is 0 Å². The van der Waals surface area contributed by atoms with Crippen molar-refractivity contribution < 1.29 is 4.74 Å². The van der Waals surface area contributed by atoms with Crippen LogP contribution < -0.4 is 10.1 Å². The van der Waals surface area contributed by atoms with Gasteiger partial charge in [-0.25, -0.2) is 0 Å². The number of hydrogen-bond acceptors (Lipinski definition) is 2. The van der Waals surface area contributed by atoms with Gasteiger partial charge in [0.25, 0.3) is 0 Å². The molecular formula is C18H22BrNO. The highest BCUT2D eigenvalue weighted by Gasteiger charge is 2.17. The van der Waals surface area contributed by atoms with Gasteiger partial charge in [0.15, 0.2) is 0 Å². The van der Waals surface area contributed by atoms with Crippen LogP contribution >= 0.6 is 15.9 Å². The van der Waals surface area contributed by atoms with E-state index < -0.39 is 0 Å². The minimum atomic E-state index is 0.116. The fourth-order valence-electron chi connectivity index (χ4n) is 2.37. The van der Waals surface area contributed by atoms with E-state index in [-0.39, 0.29) is 5.41 Å². The zero-order valence-electron chi connectivity index (χ0n) is 13.0. The van der Waals surface area contributed by atoms with Gasteiger partial charge in [-0.05, 0) is 35.2 Å². The zero-order chi connectivity index (χ0) is 15.5. The number of ether oxygens (including phenoxy) is 1. The molecule has 0 spiro atoms. The van der Waals surface area contributed by atoms with Gasteiger partial charge in [0, 0.05) is 22.3 Å². The van der Waals surface area contributed by atoms with Crippen molar-refractivity contribution in [3.8, 4) is 5.75 Å². The van der Waals surface area contributed by atoms with Crippen molar-refractivity contribution in [1.82, 2.24) is 0 Å². The molecule has 0 radical (unpaired) electrons. The maximum absolute atomic E-state index is 5.43. The van der Waals surface area contributed by atoms with Gasteiger partial charge in [-0.3, -0.25) is 0 Å². The van der Waals surface area contributed by atoms with E-state index in [1.807, 2.05) is 12.1 Å². The van der Waals surface area contributed by atoms with E-state index in [0.717, 1.165) is 22.3 Å². The van der Waals surface area contributed by atoms with Crippen LogP contribution in [-0.2, 0) is 12.0 Å². The topological polar surface area (TPSA) is 21.3 Å². The molecule has 21 heavy (non-hydrogen) atoms. The SMILES string of the molecule is COc1ccc(Br)cc1CNc1ccccc1C(C)(C)C. The minimum Gasteiger partial charge on any atom is -0.496 e. The lowest BCUT2D eigenvalue weighted by atomic mass is 9.86. The first kappa shape index (κ1) is 15.9. The zero-order valence-corrected chi connectivity index (χ0v) is 14.6. The van der Waals surface area contributed by atoms with E-state index in [1.165, 1.54) is 11.3 Å². The molecule has 0 bridgehead atoms. The monoisotopic (exact) mass is 347 g/mol. The van der Waals surface area contributed by atoms with Gasteiger partial charge >= 0.3 is 0 Å². The molecule has 2 nitrogen and oxygen atoms in total. The van der Waals surface area contributed by atoms with Crippen LogP contribution in [0.1, 0.15) is 31.9 Å². The average Bonchev–Trinajstić information content (AvgIpc) is 2.44. The van der Waals surface area contributed by atoms with Crippen molar-refractivity contribution in [1.29, 1.82) is 0 Å². The normalized spacial score (nSPS) is 11.3. The summed E-state index contributed by atoms with van der Waals surface area (Å²) in [6.45, 7) is 7.42. The van der Waals surface area contributed by atoms with Crippen LogP contribution in [0.25, 0.3) is 0 Å². The van der Waals surface area contributed by atoms with Crippen LogP contribution in [0.15, 0.2) is 46.9 Å². The molecule has 1 N–H and O–H groups in total. The van der Waals surface area contributed by atoms with E-state index in [0.29, 0.717) is 0 Å². The summed E-state index contributed by atoms with van der Waals surface area (Å²) in [5, 5.41) is 3.54. The molecule has 0 saturated carbocycles. The molecule has 2 aromatic carbocycles. The summed E-state index contributed by atoms with van der Waals surface area (Å²) in [4.78, 5) is 0. The Bertz CT molecular complexity index is 617. The molecule has 0 aromatic heterocycles. The van der Waals surface area contributed by atoms with Gasteiger partial charge in [-0.1, -0.05) is 54.9 Å². The van der Waals surface area contributed by atoms with E-state index in [9.17, 15) is 0 Å². The van der Waals surface area contributed by atoms with Crippen molar-refractivity contribution in [3.05, 3.63) is 58.1 Å². The van der Waals surface area contributed by atoms with E-state index >= 15 is 0 Å². The van der Waals surface area contributed by atoms with E-state index in [1.54, 1.807) is 7.11 Å². The third-order valence-corrected chi connectivity index (χ3v) is 3.94. The second-order valence-electron chi connectivity index (χ2n) is 6.11. The third-order valence-electron chi connectivity index (χ3n) is 3.45. The average molecular weight is 348 g/mol. The fourth-order valence-corrected chi connectivity index (χ4v) is 2.78. The predicted molar refractivity (Wildman–Crippen MR) is 93.2 cm³/mol. The van der Waals surface area contributed by atoms with Crippen LogP contribution in [0.3, 0.4) is 0 Å². The first-order chi connectivity index (χ1) is 9.91. The molecule has 0 saturated heterocycles. The van der Waals surface area contributed by atoms with E-state index in [2.05, 4.69) is 72.3 Å². The second-order valence-corrected chi connectivity index (χ2v) is 7.02. The van der Waals surface area contributed by atoms with Gasteiger partial charge in [0.05, 0.1) is 7.11 Å². The highest BCUT2D eigenvalue weighted by molar-refractivity contribution is 9.10. The minimum absolute atomic E-state index is 0.116. The Hall–Kier alpha value is -1.48. The summed E-state index contributed by atoms with van der Waals surface area (Å²) in [7, 11) is 1.70. The Morgan fingerprint density at radius 1 is 1.10 bits per heavy atom. The van der Waals surface area contributed by atoms with Gasteiger partial charge in [-0.15, -0.1) is 0 Å². The molecule has 0 heterocycles. The third kappa shape index (κ3) is 4.01. The Balaban J connectivity index is 2.23. The van der Waals surface area contributed by atoms with E-state index in [4.69, 9.17) is 4.74 Å². The molecule has 0 aliphatic rings. The first-order valence-electron chi connectivity index (χ1n) is 7.07. The van der Waals surface area contributed by atoms with Gasteiger partial charge in [0.2, 0.25) is 0 Å². The molecule has 3 heteroatoms. The van der Waals surface area contributed by atoms with Crippen molar-refractivity contribution in [2.24, 2.45) is 0 Å². The Labute approximate surface area is 135 Å². The number of hydrogen-bond donors (Lipinski definition) is 1. The van der Waals surface area contributed by atoms with Crippen LogP contribution in [0.2, 0.25) is 0 Å². The smallest absolute Gasteiger partial charge is 0.123 e. The lowest BCUT2D eigenvalue weighted by Crippen LogP contribution is -2.14. The summed E-state index contributed by atoms with van der Waals surface area (Å²) in [5.74, 6) is 0.902. The number of benzene rings is 2. The van der Waals surface area contributed by atoms with Crippen LogP contribution in [0.4, 0.5) is 5.69 Å². The number of anilines is 1.